The zero-order chi connectivity index (χ0) is 19.7. The Kier molecular flexibility index (Phi) is 4.94. The molecule has 1 heterocycles. The van der Waals surface area contributed by atoms with Crippen molar-refractivity contribution in [3.63, 3.8) is 0 Å². The summed E-state index contributed by atoms with van der Waals surface area (Å²) in [5, 5.41) is 7.63. The molecule has 0 bridgehead atoms. The molecule has 0 aliphatic heterocycles. The molecule has 1 N–H and O–H groups in total. The summed E-state index contributed by atoms with van der Waals surface area (Å²) < 4.78 is 10.8. The number of hydrogen-bond acceptors (Lipinski definition) is 4. The number of furan rings is 1. The van der Waals surface area contributed by atoms with Crippen LogP contribution in [-0.2, 0) is 0 Å². The molecular weight excluding hydrogens is 399 g/mol. The van der Waals surface area contributed by atoms with E-state index in [1.165, 1.54) is 13.3 Å². The standard InChI is InChI=1S/C21H14Cl2N2O3/c1-27-20-16(22)8-12(9-17(20)23)11-24-25-21(26)19-10-15-14-5-3-2-4-13(14)6-7-18(15)28-19/h2-11H,1H3,(H,25,26). The van der Waals surface area contributed by atoms with Crippen LogP contribution in [0.1, 0.15) is 16.1 Å². The second-order valence-corrected chi connectivity index (χ2v) is 6.84. The maximum Gasteiger partial charge on any atom is 0.307 e. The van der Waals surface area contributed by atoms with Gasteiger partial charge in [0.2, 0.25) is 0 Å². The Morgan fingerprint density at radius 2 is 1.82 bits per heavy atom. The maximum absolute atomic E-state index is 12.4. The number of carbonyl (C=O) groups is 1. The number of rotatable bonds is 4. The summed E-state index contributed by atoms with van der Waals surface area (Å²) in [7, 11) is 1.48. The molecule has 0 saturated heterocycles. The fourth-order valence-electron chi connectivity index (χ4n) is 2.97. The van der Waals surface area contributed by atoms with E-state index in [-0.39, 0.29) is 5.76 Å². The molecule has 4 rings (SSSR count). The molecule has 0 fully saturated rings. The van der Waals surface area contributed by atoms with E-state index >= 15 is 0 Å². The van der Waals surface area contributed by atoms with Crippen LogP contribution in [0.2, 0.25) is 10.0 Å². The van der Waals surface area contributed by atoms with Crippen molar-refractivity contribution in [1.82, 2.24) is 5.43 Å². The largest absolute Gasteiger partial charge is 0.494 e. The van der Waals surface area contributed by atoms with E-state index in [0.717, 1.165) is 16.2 Å². The van der Waals surface area contributed by atoms with Gasteiger partial charge in [0.25, 0.3) is 0 Å². The fourth-order valence-corrected chi connectivity index (χ4v) is 3.63. The lowest BCUT2D eigenvalue weighted by Gasteiger charge is -2.06. The molecule has 28 heavy (non-hydrogen) atoms. The number of hydrazone groups is 1. The average Bonchev–Trinajstić information content (AvgIpc) is 3.13. The number of methoxy groups -OCH3 is 1. The second-order valence-electron chi connectivity index (χ2n) is 6.03. The van der Waals surface area contributed by atoms with E-state index in [1.807, 2.05) is 36.4 Å². The molecule has 4 aromatic rings. The fraction of sp³-hybridized carbons (Fsp3) is 0.0476. The van der Waals surface area contributed by atoms with Crippen molar-refractivity contribution in [2.45, 2.75) is 0 Å². The Balaban J connectivity index is 1.55. The summed E-state index contributed by atoms with van der Waals surface area (Å²) in [6.45, 7) is 0. The summed E-state index contributed by atoms with van der Waals surface area (Å²) >= 11 is 12.2. The zero-order valence-electron chi connectivity index (χ0n) is 14.7. The van der Waals surface area contributed by atoms with Gasteiger partial charge in [-0.2, -0.15) is 5.10 Å². The van der Waals surface area contributed by atoms with Crippen molar-refractivity contribution >= 4 is 57.1 Å². The molecule has 7 heteroatoms. The van der Waals surface area contributed by atoms with Crippen molar-refractivity contribution in [2.24, 2.45) is 5.10 Å². The lowest BCUT2D eigenvalue weighted by Crippen LogP contribution is -2.16. The van der Waals surface area contributed by atoms with Gasteiger partial charge in [0, 0.05) is 5.39 Å². The van der Waals surface area contributed by atoms with Crippen LogP contribution < -0.4 is 10.2 Å². The average molecular weight is 413 g/mol. The van der Waals surface area contributed by atoms with Gasteiger partial charge < -0.3 is 9.15 Å². The van der Waals surface area contributed by atoms with Gasteiger partial charge in [-0.3, -0.25) is 4.79 Å². The molecule has 3 aromatic carbocycles. The lowest BCUT2D eigenvalue weighted by atomic mass is 10.1. The van der Waals surface area contributed by atoms with E-state index in [9.17, 15) is 4.79 Å². The van der Waals surface area contributed by atoms with Crippen LogP contribution in [-0.4, -0.2) is 19.2 Å². The van der Waals surface area contributed by atoms with Gasteiger partial charge in [-0.15, -0.1) is 0 Å². The first-order valence-corrected chi connectivity index (χ1v) is 9.10. The van der Waals surface area contributed by atoms with E-state index in [0.29, 0.717) is 26.9 Å². The third kappa shape index (κ3) is 3.42. The van der Waals surface area contributed by atoms with Crippen LogP contribution in [0.15, 0.2) is 64.1 Å². The summed E-state index contributed by atoms with van der Waals surface area (Å²) in [4.78, 5) is 12.4. The molecular formula is C21H14Cl2N2O3. The van der Waals surface area contributed by atoms with Crippen LogP contribution in [0.25, 0.3) is 21.7 Å². The first-order chi connectivity index (χ1) is 13.6. The van der Waals surface area contributed by atoms with Gasteiger partial charge in [0.05, 0.1) is 23.4 Å². The molecule has 0 saturated carbocycles. The Hall–Kier alpha value is -3.02. The van der Waals surface area contributed by atoms with Gasteiger partial charge in [0.15, 0.2) is 11.5 Å². The van der Waals surface area contributed by atoms with Crippen molar-refractivity contribution in [3.8, 4) is 5.75 Å². The van der Waals surface area contributed by atoms with Gasteiger partial charge in [-0.25, -0.2) is 5.43 Å². The maximum atomic E-state index is 12.4. The Bertz CT molecular complexity index is 1210. The molecule has 1 amide bonds. The van der Waals surface area contributed by atoms with E-state index < -0.39 is 5.91 Å². The monoisotopic (exact) mass is 412 g/mol. The number of benzene rings is 3. The van der Waals surface area contributed by atoms with Gasteiger partial charge in [-0.05, 0) is 40.6 Å². The molecule has 0 unspecified atom stereocenters. The summed E-state index contributed by atoms with van der Waals surface area (Å²) in [5.41, 5.74) is 3.70. The summed E-state index contributed by atoms with van der Waals surface area (Å²) in [5.74, 6) is 0.107. The highest BCUT2D eigenvalue weighted by Gasteiger charge is 2.13. The lowest BCUT2D eigenvalue weighted by molar-refractivity contribution is 0.0929. The third-order valence-corrected chi connectivity index (χ3v) is 4.82. The second kappa shape index (κ2) is 7.54. The molecule has 0 aliphatic carbocycles. The molecule has 0 spiro atoms. The number of fused-ring (bicyclic) bond motifs is 3. The predicted molar refractivity (Wildman–Crippen MR) is 112 cm³/mol. The Labute approximate surface area is 170 Å². The first-order valence-electron chi connectivity index (χ1n) is 8.34. The normalized spacial score (nSPS) is 11.4. The highest BCUT2D eigenvalue weighted by atomic mass is 35.5. The summed E-state index contributed by atoms with van der Waals surface area (Å²) in [6.07, 6.45) is 1.44. The van der Waals surface area contributed by atoms with Crippen LogP contribution in [0, 0.1) is 0 Å². The minimum absolute atomic E-state index is 0.175. The predicted octanol–water partition coefficient (Wildman–Crippen LogP) is 5.67. The SMILES string of the molecule is COc1c(Cl)cc(C=NNC(=O)c2cc3c(ccc4ccccc43)o2)cc1Cl. The van der Waals surface area contributed by atoms with Crippen molar-refractivity contribution < 1.29 is 13.9 Å². The van der Waals surface area contributed by atoms with Gasteiger partial charge in [-0.1, -0.05) is 53.5 Å². The number of hydrogen-bond donors (Lipinski definition) is 1. The molecule has 0 aliphatic rings. The highest BCUT2D eigenvalue weighted by molar-refractivity contribution is 6.37. The minimum atomic E-state index is -0.456. The molecule has 0 atom stereocenters. The number of amides is 1. The van der Waals surface area contributed by atoms with Crippen LogP contribution in [0.4, 0.5) is 0 Å². The topological polar surface area (TPSA) is 63.8 Å². The van der Waals surface area contributed by atoms with E-state index in [4.69, 9.17) is 32.4 Å². The van der Waals surface area contributed by atoms with E-state index in [2.05, 4.69) is 10.5 Å². The first kappa shape index (κ1) is 18.3. The van der Waals surface area contributed by atoms with Crippen molar-refractivity contribution in [2.75, 3.05) is 7.11 Å². The number of carbonyl (C=O) groups excluding carboxylic acids is 1. The van der Waals surface area contributed by atoms with Crippen LogP contribution in [0.5, 0.6) is 5.75 Å². The number of nitrogens with one attached hydrogen (secondary N) is 1. The zero-order valence-corrected chi connectivity index (χ0v) is 16.2. The van der Waals surface area contributed by atoms with E-state index in [1.54, 1.807) is 18.2 Å². The number of ether oxygens (including phenoxy) is 1. The molecule has 1 aromatic heterocycles. The Morgan fingerprint density at radius 1 is 1.07 bits per heavy atom. The molecule has 140 valence electrons. The number of nitrogens with zero attached hydrogens (tertiary/aromatic N) is 1. The van der Waals surface area contributed by atoms with Gasteiger partial charge >= 0.3 is 5.91 Å². The van der Waals surface area contributed by atoms with Crippen LogP contribution >= 0.6 is 23.2 Å². The van der Waals surface area contributed by atoms with Crippen LogP contribution in [0.3, 0.4) is 0 Å². The molecule has 5 nitrogen and oxygen atoms in total. The quantitative estimate of drug-likeness (QED) is 0.347. The summed E-state index contributed by atoms with van der Waals surface area (Å²) in [6, 6.07) is 16.7. The number of halogens is 2. The minimum Gasteiger partial charge on any atom is -0.494 e. The highest BCUT2D eigenvalue weighted by Crippen LogP contribution is 2.33. The Morgan fingerprint density at radius 3 is 2.57 bits per heavy atom. The van der Waals surface area contributed by atoms with Crippen molar-refractivity contribution in [1.29, 1.82) is 0 Å². The smallest absolute Gasteiger partial charge is 0.307 e. The van der Waals surface area contributed by atoms with Gasteiger partial charge in [0.1, 0.15) is 5.58 Å². The molecule has 0 radical (unpaired) electrons. The third-order valence-electron chi connectivity index (χ3n) is 4.25. The van der Waals surface area contributed by atoms with Crippen molar-refractivity contribution in [3.05, 3.63) is 76.0 Å².